The molecule has 8 nitrogen and oxygen atoms in total. The summed E-state index contributed by atoms with van der Waals surface area (Å²) in [5, 5.41) is 0. The first-order valence-corrected chi connectivity index (χ1v) is 9.35. The maximum absolute atomic E-state index is 12.7. The summed E-state index contributed by atoms with van der Waals surface area (Å²) >= 11 is 0. The Balaban J connectivity index is 2.06. The monoisotopic (exact) mass is 417 g/mol. The first-order chi connectivity index (χ1) is 14.5. The number of carbonyl (C=O) groups excluding carboxylic acids is 2. The molecule has 0 saturated carbocycles. The van der Waals surface area contributed by atoms with Crippen molar-refractivity contribution in [3.63, 3.8) is 0 Å². The summed E-state index contributed by atoms with van der Waals surface area (Å²) in [6, 6.07) is 10.2. The topological polar surface area (TPSA) is 83.5 Å². The zero-order valence-electron chi connectivity index (χ0n) is 17.9. The van der Waals surface area contributed by atoms with Crippen LogP contribution in [0, 0.1) is 0 Å². The molecule has 2 aromatic carbocycles. The highest BCUT2D eigenvalue weighted by molar-refractivity contribution is 5.90. The maximum atomic E-state index is 12.7. The first kappa shape index (κ1) is 22.9. The van der Waals surface area contributed by atoms with Crippen LogP contribution in [0.4, 0.5) is 0 Å². The van der Waals surface area contributed by atoms with E-state index in [1.54, 1.807) is 37.3 Å². The summed E-state index contributed by atoms with van der Waals surface area (Å²) in [4.78, 5) is 26.0. The second-order valence-corrected chi connectivity index (χ2v) is 6.24. The van der Waals surface area contributed by atoms with Crippen LogP contribution in [-0.2, 0) is 16.1 Å². The van der Waals surface area contributed by atoms with Crippen molar-refractivity contribution in [1.82, 2.24) is 4.90 Å². The van der Waals surface area contributed by atoms with E-state index in [2.05, 4.69) is 0 Å². The molecule has 0 bridgehead atoms. The van der Waals surface area contributed by atoms with Gasteiger partial charge in [-0.1, -0.05) is 6.07 Å². The van der Waals surface area contributed by atoms with Gasteiger partial charge in [-0.2, -0.15) is 0 Å². The Morgan fingerprint density at radius 2 is 1.47 bits per heavy atom. The van der Waals surface area contributed by atoms with Crippen LogP contribution in [0.15, 0.2) is 36.4 Å². The Bertz CT molecular complexity index is 882. The molecule has 0 radical (unpaired) electrons. The number of hydrogen-bond acceptors (Lipinski definition) is 7. The van der Waals surface area contributed by atoms with Gasteiger partial charge in [0.25, 0.3) is 5.91 Å². The number of amides is 1. The van der Waals surface area contributed by atoms with Crippen molar-refractivity contribution in [2.75, 3.05) is 41.6 Å². The van der Waals surface area contributed by atoms with Gasteiger partial charge >= 0.3 is 5.97 Å². The van der Waals surface area contributed by atoms with Crippen LogP contribution in [0.3, 0.4) is 0 Å². The predicted octanol–water partition coefficient (Wildman–Crippen LogP) is 2.93. The summed E-state index contributed by atoms with van der Waals surface area (Å²) in [7, 11) is 5.90. The van der Waals surface area contributed by atoms with E-state index in [9.17, 15) is 9.59 Å². The second-order valence-electron chi connectivity index (χ2n) is 6.24. The van der Waals surface area contributed by atoms with Gasteiger partial charge in [0.15, 0.2) is 29.6 Å². The summed E-state index contributed by atoms with van der Waals surface area (Å²) in [5.41, 5.74) is 1.24. The van der Waals surface area contributed by atoms with Gasteiger partial charge in [-0.25, -0.2) is 4.79 Å². The third-order valence-electron chi connectivity index (χ3n) is 4.49. The molecule has 0 heterocycles. The lowest BCUT2D eigenvalue weighted by Crippen LogP contribution is -2.34. The Kier molecular flexibility index (Phi) is 8.34. The van der Waals surface area contributed by atoms with Gasteiger partial charge in [0.2, 0.25) is 0 Å². The standard InChI is InChI=1S/C22H27NO7/c1-6-23(13-15-7-9-17(26-2)19(11-15)27-3)21(24)14-30-18-10-8-16(22(25)29-5)12-20(18)28-4/h7-12H,6,13-14H2,1-5H3. The Morgan fingerprint density at radius 3 is 2.07 bits per heavy atom. The lowest BCUT2D eigenvalue weighted by molar-refractivity contribution is -0.133. The molecule has 30 heavy (non-hydrogen) atoms. The lowest BCUT2D eigenvalue weighted by Gasteiger charge is -2.22. The van der Waals surface area contributed by atoms with Crippen LogP contribution in [-0.4, -0.2) is 58.4 Å². The van der Waals surface area contributed by atoms with Gasteiger partial charge in [0.05, 0.1) is 34.0 Å². The van der Waals surface area contributed by atoms with Gasteiger partial charge in [0.1, 0.15) is 0 Å². The molecule has 162 valence electrons. The normalized spacial score (nSPS) is 10.2. The summed E-state index contributed by atoms with van der Waals surface area (Å²) in [5.74, 6) is 1.26. The molecular formula is C22H27NO7. The minimum Gasteiger partial charge on any atom is -0.493 e. The van der Waals surface area contributed by atoms with Crippen molar-refractivity contribution in [3.8, 4) is 23.0 Å². The smallest absolute Gasteiger partial charge is 0.337 e. The fraction of sp³-hybridized carbons (Fsp3) is 0.364. The number of carbonyl (C=O) groups is 2. The highest BCUT2D eigenvalue weighted by Gasteiger charge is 2.17. The van der Waals surface area contributed by atoms with E-state index in [1.165, 1.54) is 20.3 Å². The molecule has 0 N–H and O–H groups in total. The van der Waals surface area contributed by atoms with Crippen molar-refractivity contribution < 1.29 is 33.3 Å². The van der Waals surface area contributed by atoms with Crippen molar-refractivity contribution in [1.29, 1.82) is 0 Å². The van der Waals surface area contributed by atoms with Gasteiger partial charge in [0, 0.05) is 13.1 Å². The number of rotatable bonds is 10. The molecule has 0 aliphatic rings. The molecule has 0 atom stereocenters. The summed E-state index contributed by atoms with van der Waals surface area (Å²) in [6.07, 6.45) is 0. The number of ether oxygens (including phenoxy) is 5. The highest BCUT2D eigenvalue weighted by Crippen LogP contribution is 2.29. The van der Waals surface area contributed by atoms with E-state index in [1.807, 2.05) is 19.1 Å². The zero-order valence-corrected chi connectivity index (χ0v) is 17.9. The predicted molar refractivity (Wildman–Crippen MR) is 110 cm³/mol. The average Bonchev–Trinajstić information content (AvgIpc) is 2.79. The lowest BCUT2D eigenvalue weighted by atomic mass is 10.2. The fourth-order valence-electron chi connectivity index (χ4n) is 2.84. The number of esters is 1. The van der Waals surface area contributed by atoms with Crippen molar-refractivity contribution >= 4 is 11.9 Å². The molecular weight excluding hydrogens is 390 g/mol. The van der Waals surface area contributed by atoms with E-state index in [4.69, 9.17) is 23.7 Å². The molecule has 0 fully saturated rings. The van der Waals surface area contributed by atoms with E-state index in [0.717, 1.165) is 5.56 Å². The minimum atomic E-state index is -0.483. The minimum absolute atomic E-state index is 0.172. The Morgan fingerprint density at radius 1 is 0.833 bits per heavy atom. The Labute approximate surface area is 176 Å². The molecule has 0 aromatic heterocycles. The van der Waals surface area contributed by atoms with Crippen LogP contribution >= 0.6 is 0 Å². The Hall–Kier alpha value is -3.42. The van der Waals surface area contributed by atoms with Gasteiger partial charge in [-0.05, 0) is 42.8 Å². The van der Waals surface area contributed by atoms with E-state index in [-0.39, 0.29) is 12.5 Å². The van der Waals surface area contributed by atoms with Gasteiger partial charge in [-0.15, -0.1) is 0 Å². The molecule has 0 unspecified atom stereocenters. The molecule has 0 saturated heterocycles. The molecule has 1 amide bonds. The second kappa shape index (κ2) is 10.9. The third kappa shape index (κ3) is 5.56. The molecule has 8 heteroatoms. The number of methoxy groups -OCH3 is 4. The SMILES string of the molecule is CCN(Cc1ccc(OC)c(OC)c1)C(=O)COc1ccc(C(=O)OC)cc1OC. The largest absolute Gasteiger partial charge is 0.493 e. The third-order valence-corrected chi connectivity index (χ3v) is 4.49. The quantitative estimate of drug-likeness (QED) is 0.550. The van der Waals surface area contributed by atoms with Crippen LogP contribution in [0.25, 0.3) is 0 Å². The number of likely N-dealkylation sites (N-methyl/N-ethyl adjacent to an activating group) is 1. The molecule has 2 rings (SSSR count). The first-order valence-electron chi connectivity index (χ1n) is 9.35. The van der Waals surface area contributed by atoms with Crippen molar-refractivity contribution in [2.24, 2.45) is 0 Å². The van der Waals surface area contributed by atoms with Gasteiger partial charge < -0.3 is 28.6 Å². The van der Waals surface area contributed by atoms with Crippen LogP contribution < -0.4 is 18.9 Å². The number of hydrogen-bond donors (Lipinski definition) is 0. The molecule has 0 spiro atoms. The number of benzene rings is 2. The van der Waals surface area contributed by atoms with Crippen LogP contribution in [0.5, 0.6) is 23.0 Å². The summed E-state index contributed by atoms with van der Waals surface area (Å²) in [6.45, 7) is 2.63. The van der Waals surface area contributed by atoms with Crippen molar-refractivity contribution in [2.45, 2.75) is 13.5 Å². The van der Waals surface area contributed by atoms with E-state index in [0.29, 0.717) is 41.7 Å². The molecule has 0 aliphatic heterocycles. The number of nitrogens with zero attached hydrogens (tertiary/aromatic N) is 1. The maximum Gasteiger partial charge on any atom is 0.337 e. The van der Waals surface area contributed by atoms with E-state index >= 15 is 0 Å². The van der Waals surface area contributed by atoms with Crippen LogP contribution in [0.2, 0.25) is 0 Å². The van der Waals surface area contributed by atoms with E-state index < -0.39 is 5.97 Å². The highest BCUT2D eigenvalue weighted by atomic mass is 16.5. The molecule has 2 aromatic rings. The van der Waals surface area contributed by atoms with Crippen LogP contribution in [0.1, 0.15) is 22.8 Å². The summed E-state index contributed by atoms with van der Waals surface area (Å²) < 4.78 is 26.2. The fourth-order valence-corrected chi connectivity index (χ4v) is 2.84. The van der Waals surface area contributed by atoms with Crippen molar-refractivity contribution in [3.05, 3.63) is 47.5 Å². The zero-order chi connectivity index (χ0) is 22.1. The molecule has 0 aliphatic carbocycles. The van der Waals surface area contributed by atoms with Gasteiger partial charge in [-0.3, -0.25) is 4.79 Å². The average molecular weight is 417 g/mol.